The molecule has 0 aliphatic rings. The summed E-state index contributed by atoms with van der Waals surface area (Å²) in [4.78, 5) is 27.5. The number of alkyl halides is 19. The number of hydrogen-bond acceptors (Lipinski definition) is 3. The molecule has 0 saturated heterocycles. The first-order valence-electron chi connectivity index (χ1n) is 12.0. The van der Waals surface area contributed by atoms with Crippen LogP contribution in [0.3, 0.4) is 0 Å². The number of aromatic nitrogens is 1. The smallest absolute Gasteiger partial charge is 0.348 e. The van der Waals surface area contributed by atoms with Crippen molar-refractivity contribution in [2.24, 2.45) is 0 Å². The Morgan fingerprint density at radius 2 is 0.833 bits per heavy atom. The van der Waals surface area contributed by atoms with Crippen LogP contribution in [0.1, 0.15) is 21.5 Å². The molecule has 0 bridgehead atoms. The number of hydrogen-bond donors (Lipinski definition) is 2. The maximum Gasteiger partial charge on any atom is 0.460 e. The van der Waals surface area contributed by atoms with Gasteiger partial charge in [-0.25, -0.2) is 0 Å². The fourth-order valence-corrected chi connectivity index (χ4v) is 3.36. The molecule has 2 N–H and O–H groups in total. The van der Waals surface area contributed by atoms with E-state index in [9.17, 15) is 93.0 Å². The fraction of sp³-hybridized carbons (Fsp3) is 0.458. The maximum absolute atomic E-state index is 14.1. The maximum atomic E-state index is 14.1. The van der Waals surface area contributed by atoms with E-state index in [0.29, 0.717) is 5.56 Å². The Morgan fingerprint density at radius 1 is 0.479 bits per heavy atom. The highest BCUT2D eigenvalue weighted by molar-refractivity contribution is 5.94. The lowest BCUT2D eigenvalue weighted by Crippen LogP contribution is -2.76. The van der Waals surface area contributed by atoms with Gasteiger partial charge in [-0.3, -0.25) is 14.6 Å². The average Bonchev–Trinajstić information content (AvgIpc) is 2.98. The van der Waals surface area contributed by atoms with E-state index in [4.69, 9.17) is 0 Å². The quantitative estimate of drug-likeness (QED) is 0.213. The monoisotopic (exact) mass is 737 g/mol. The van der Waals surface area contributed by atoms with Gasteiger partial charge in [0, 0.05) is 31.0 Å². The summed E-state index contributed by atoms with van der Waals surface area (Å²) in [5, 5.41) is 3.17. The Morgan fingerprint density at radius 3 is 1.25 bits per heavy atom. The summed E-state index contributed by atoms with van der Waals surface area (Å²) in [6.45, 7) is -1.43. The molecule has 2 aromatic rings. The molecule has 0 unspecified atom stereocenters. The molecule has 5 nitrogen and oxygen atoms in total. The van der Waals surface area contributed by atoms with Gasteiger partial charge in [0.25, 0.3) is 11.8 Å². The Bertz CT molecular complexity index is 1460. The van der Waals surface area contributed by atoms with Gasteiger partial charge in [0.2, 0.25) is 0 Å². The van der Waals surface area contributed by atoms with Crippen LogP contribution in [0.4, 0.5) is 83.4 Å². The van der Waals surface area contributed by atoms with Gasteiger partial charge in [-0.05, 0) is 35.4 Å². The number of amides is 2. The van der Waals surface area contributed by atoms with Crippen molar-refractivity contribution < 1.29 is 93.0 Å². The van der Waals surface area contributed by atoms with Crippen molar-refractivity contribution in [1.29, 1.82) is 0 Å². The third kappa shape index (κ3) is 6.28. The first-order chi connectivity index (χ1) is 21.4. The summed E-state index contributed by atoms with van der Waals surface area (Å²) >= 11 is 0. The second kappa shape index (κ2) is 12.5. The van der Waals surface area contributed by atoms with Crippen LogP contribution in [0.25, 0.3) is 0 Å². The van der Waals surface area contributed by atoms with E-state index in [0.717, 1.165) is 29.6 Å². The van der Waals surface area contributed by atoms with Crippen LogP contribution in [0.15, 0.2) is 48.8 Å². The number of rotatable bonds is 13. The largest absolute Gasteiger partial charge is 0.460 e. The highest BCUT2D eigenvalue weighted by Crippen LogP contribution is 2.65. The third-order valence-corrected chi connectivity index (χ3v) is 6.27. The Balaban J connectivity index is 2.29. The number of carbonyl (C=O) groups excluding carboxylic acids is 2. The van der Waals surface area contributed by atoms with Gasteiger partial charge >= 0.3 is 53.6 Å². The fourth-order valence-electron chi connectivity index (χ4n) is 3.36. The number of nitrogens with zero attached hydrogens (tertiary/aromatic N) is 1. The minimum absolute atomic E-state index is 0.0296. The van der Waals surface area contributed by atoms with Crippen molar-refractivity contribution in [2.75, 3.05) is 0 Å². The zero-order valence-corrected chi connectivity index (χ0v) is 22.5. The summed E-state index contributed by atoms with van der Waals surface area (Å²) in [6, 6.07) is 6.51. The Labute approximate surface area is 253 Å². The molecular weight excluding hydrogens is 723 g/mol. The highest BCUT2D eigenvalue weighted by atomic mass is 19.4. The molecule has 0 aliphatic heterocycles. The standard InChI is InChI=1S/C24H14F19N3O2/c25-16(26,15(48)46-10-11-1-3-13(4-2-11)14(47)45-9-12-5-7-44-8-6-12)17(27,28)18(29,30)19(31,32)20(33,34)21(35,36)22(37,38)23(39,40)24(41,42)43/h1-8H,9-10H2,(H,45,47)(H,46,48). The molecule has 0 aliphatic carbocycles. The van der Waals surface area contributed by atoms with Crippen LogP contribution < -0.4 is 10.6 Å². The normalized spacial score (nSPS) is 14.5. The third-order valence-electron chi connectivity index (χ3n) is 6.27. The lowest BCUT2D eigenvalue weighted by Gasteiger charge is -2.43. The van der Waals surface area contributed by atoms with E-state index in [-0.39, 0.29) is 12.1 Å². The van der Waals surface area contributed by atoms with Gasteiger partial charge < -0.3 is 10.6 Å². The van der Waals surface area contributed by atoms with Gasteiger partial charge in [0.15, 0.2) is 0 Å². The number of benzene rings is 1. The van der Waals surface area contributed by atoms with E-state index < -0.39 is 77.5 Å². The summed E-state index contributed by atoms with van der Waals surface area (Å²) in [5.74, 6) is -73.2. The predicted molar refractivity (Wildman–Crippen MR) is 119 cm³/mol. The van der Waals surface area contributed by atoms with Crippen molar-refractivity contribution in [3.05, 3.63) is 65.5 Å². The van der Waals surface area contributed by atoms with E-state index >= 15 is 0 Å². The highest BCUT2D eigenvalue weighted by Gasteiger charge is 2.97. The Kier molecular flexibility index (Phi) is 10.4. The molecule has 1 aromatic carbocycles. The van der Waals surface area contributed by atoms with E-state index in [1.165, 1.54) is 24.5 Å². The lowest BCUT2D eigenvalue weighted by atomic mass is 9.87. The molecular formula is C24H14F19N3O2. The molecule has 1 heterocycles. The molecule has 2 amide bonds. The topological polar surface area (TPSA) is 71.1 Å². The summed E-state index contributed by atoms with van der Waals surface area (Å²) < 4.78 is 255. The van der Waals surface area contributed by atoms with E-state index in [2.05, 4.69) is 10.3 Å². The van der Waals surface area contributed by atoms with Crippen LogP contribution >= 0.6 is 0 Å². The summed E-state index contributed by atoms with van der Waals surface area (Å²) in [5.41, 5.74) is -0.00413. The molecule has 48 heavy (non-hydrogen) atoms. The van der Waals surface area contributed by atoms with Crippen molar-refractivity contribution in [2.45, 2.75) is 66.6 Å². The molecule has 0 atom stereocenters. The van der Waals surface area contributed by atoms with Gasteiger partial charge in [0.05, 0.1) is 0 Å². The van der Waals surface area contributed by atoms with Crippen molar-refractivity contribution in [1.82, 2.24) is 15.6 Å². The summed E-state index contributed by atoms with van der Waals surface area (Å²) in [6.07, 6.45) is -5.20. The lowest BCUT2D eigenvalue weighted by molar-refractivity contribution is -0.467. The van der Waals surface area contributed by atoms with Crippen LogP contribution in [-0.4, -0.2) is 70.4 Å². The minimum Gasteiger partial charge on any atom is -0.348 e. The first-order valence-corrected chi connectivity index (χ1v) is 12.0. The zero-order valence-electron chi connectivity index (χ0n) is 22.5. The number of pyridine rings is 1. The van der Waals surface area contributed by atoms with Gasteiger partial charge in [0.1, 0.15) is 0 Å². The molecule has 0 spiro atoms. The zero-order chi connectivity index (χ0) is 37.6. The van der Waals surface area contributed by atoms with E-state index in [1.807, 2.05) is 0 Å². The summed E-state index contributed by atoms with van der Waals surface area (Å²) in [7, 11) is 0. The average molecular weight is 737 g/mol. The molecule has 0 saturated carbocycles. The SMILES string of the molecule is O=C(NCc1ccncc1)c1ccc(CNC(=O)C(F)(F)C(F)(F)C(F)(F)C(F)(F)C(F)(F)C(F)(F)C(F)(F)C(F)(F)C(F)(F)F)cc1. The minimum atomic E-state index is -9.08. The van der Waals surface area contributed by atoms with Gasteiger partial charge in [-0.2, -0.15) is 83.4 Å². The molecule has 0 radical (unpaired) electrons. The molecule has 0 fully saturated rings. The molecule has 1 aromatic heterocycles. The number of carbonyl (C=O) groups is 2. The van der Waals surface area contributed by atoms with Crippen molar-refractivity contribution >= 4 is 11.8 Å². The van der Waals surface area contributed by atoms with Gasteiger partial charge in [-0.15, -0.1) is 0 Å². The van der Waals surface area contributed by atoms with E-state index in [1.54, 1.807) is 0 Å². The number of nitrogens with one attached hydrogen (secondary N) is 2. The van der Waals surface area contributed by atoms with Crippen LogP contribution in [0.5, 0.6) is 0 Å². The Hall–Kier alpha value is -4.02. The predicted octanol–water partition coefficient (Wildman–Crippen LogP) is 7.27. The van der Waals surface area contributed by atoms with Crippen LogP contribution in [0, 0.1) is 0 Å². The number of halogens is 19. The van der Waals surface area contributed by atoms with Crippen molar-refractivity contribution in [3.63, 3.8) is 0 Å². The second-order valence-corrected chi connectivity index (χ2v) is 9.51. The van der Waals surface area contributed by atoms with Crippen LogP contribution in [-0.2, 0) is 17.9 Å². The van der Waals surface area contributed by atoms with Crippen molar-refractivity contribution in [3.8, 4) is 0 Å². The van der Waals surface area contributed by atoms with Gasteiger partial charge in [-0.1, -0.05) is 12.1 Å². The first kappa shape index (κ1) is 40.2. The van der Waals surface area contributed by atoms with Crippen LogP contribution in [0.2, 0.25) is 0 Å². The molecule has 2 rings (SSSR count). The molecule has 270 valence electrons. The molecule has 24 heteroatoms. The second-order valence-electron chi connectivity index (χ2n) is 9.51.